The van der Waals surface area contributed by atoms with Crippen LogP contribution in [0.4, 0.5) is 5.82 Å². The van der Waals surface area contributed by atoms with E-state index in [1.807, 2.05) is 18.2 Å². The molecule has 0 fully saturated rings. The van der Waals surface area contributed by atoms with E-state index in [4.69, 9.17) is 5.21 Å². The van der Waals surface area contributed by atoms with E-state index in [0.29, 0.717) is 5.82 Å². The number of aromatic nitrogens is 1. The van der Waals surface area contributed by atoms with E-state index < -0.39 is 0 Å². The van der Waals surface area contributed by atoms with Crippen LogP contribution in [0.5, 0.6) is 0 Å². The van der Waals surface area contributed by atoms with Crippen LogP contribution in [-0.4, -0.2) is 22.3 Å². The van der Waals surface area contributed by atoms with E-state index in [1.54, 1.807) is 12.3 Å². The minimum Gasteiger partial charge on any atom is -0.411 e. The Labute approximate surface area is 97.8 Å². The first kappa shape index (κ1) is 11.1. The van der Waals surface area contributed by atoms with Gasteiger partial charge >= 0.3 is 0 Å². The van der Waals surface area contributed by atoms with E-state index >= 15 is 0 Å². The molecule has 86 valence electrons. The number of hydrogen-bond acceptors (Lipinski definition) is 4. The van der Waals surface area contributed by atoms with Gasteiger partial charge in [-0.1, -0.05) is 17.3 Å². The van der Waals surface area contributed by atoms with Crippen molar-refractivity contribution in [2.45, 2.75) is 6.92 Å². The van der Waals surface area contributed by atoms with Crippen LogP contribution in [-0.2, 0) is 4.79 Å². The number of benzene rings is 1. The minimum atomic E-state index is -0.161. The summed E-state index contributed by atoms with van der Waals surface area (Å²) in [5.41, 5.74) is 0.778. The van der Waals surface area contributed by atoms with Crippen molar-refractivity contribution in [3.8, 4) is 0 Å². The molecule has 0 radical (unpaired) electrons. The van der Waals surface area contributed by atoms with Crippen LogP contribution >= 0.6 is 0 Å². The second-order valence-electron chi connectivity index (χ2n) is 3.57. The largest absolute Gasteiger partial charge is 0.411 e. The molecule has 1 aromatic heterocycles. The lowest BCUT2D eigenvalue weighted by Gasteiger charge is -2.06. The van der Waals surface area contributed by atoms with Crippen LogP contribution in [0.2, 0.25) is 0 Å². The van der Waals surface area contributed by atoms with E-state index in [1.165, 1.54) is 13.1 Å². The first-order valence-electron chi connectivity index (χ1n) is 5.04. The molecule has 1 heterocycles. The Hall–Kier alpha value is -2.43. The molecule has 0 unspecified atom stereocenters. The van der Waals surface area contributed by atoms with Crippen molar-refractivity contribution in [1.82, 2.24) is 4.98 Å². The molecule has 0 saturated heterocycles. The highest BCUT2D eigenvalue weighted by Crippen LogP contribution is 2.21. The summed E-state index contributed by atoms with van der Waals surface area (Å²) in [6.07, 6.45) is 2.96. The lowest BCUT2D eigenvalue weighted by atomic mass is 10.1. The predicted molar refractivity (Wildman–Crippen MR) is 65.4 cm³/mol. The lowest BCUT2D eigenvalue weighted by Crippen LogP contribution is -2.07. The predicted octanol–water partition coefficient (Wildman–Crippen LogP) is 2.00. The molecule has 2 N–H and O–H groups in total. The summed E-state index contributed by atoms with van der Waals surface area (Å²) < 4.78 is 0. The molecule has 0 saturated carbocycles. The number of amides is 1. The van der Waals surface area contributed by atoms with E-state index in [-0.39, 0.29) is 5.91 Å². The Bertz CT molecular complexity index is 593. The van der Waals surface area contributed by atoms with Crippen molar-refractivity contribution in [3.63, 3.8) is 0 Å². The Kier molecular flexibility index (Phi) is 3.00. The number of nitrogens with zero attached hydrogens (tertiary/aromatic N) is 2. The van der Waals surface area contributed by atoms with Gasteiger partial charge in [-0.15, -0.1) is 0 Å². The molecule has 5 nitrogen and oxygen atoms in total. The van der Waals surface area contributed by atoms with Gasteiger partial charge < -0.3 is 10.5 Å². The van der Waals surface area contributed by atoms with Crippen LogP contribution in [0.25, 0.3) is 10.8 Å². The summed E-state index contributed by atoms with van der Waals surface area (Å²) in [6, 6.07) is 7.29. The molecule has 2 rings (SSSR count). The van der Waals surface area contributed by atoms with Gasteiger partial charge in [-0.25, -0.2) is 4.98 Å². The zero-order valence-electron chi connectivity index (χ0n) is 9.21. The van der Waals surface area contributed by atoms with Gasteiger partial charge in [0.1, 0.15) is 5.82 Å². The van der Waals surface area contributed by atoms with Gasteiger partial charge in [-0.2, -0.15) is 0 Å². The van der Waals surface area contributed by atoms with E-state index in [9.17, 15) is 4.79 Å². The molecule has 17 heavy (non-hydrogen) atoms. The van der Waals surface area contributed by atoms with Crippen LogP contribution in [0.1, 0.15) is 12.5 Å². The van der Waals surface area contributed by atoms with Gasteiger partial charge in [0.2, 0.25) is 5.91 Å². The summed E-state index contributed by atoms with van der Waals surface area (Å²) in [5, 5.41) is 15.9. The summed E-state index contributed by atoms with van der Waals surface area (Å²) in [7, 11) is 0. The molecule has 5 heteroatoms. The Morgan fingerprint density at radius 3 is 3.00 bits per heavy atom. The summed E-state index contributed by atoms with van der Waals surface area (Å²) in [5.74, 6) is 0.369. The summed E-state index contributed by atoms with van der Waals surface area (Å²) in [6.45, 7) is 1.44. The third-order valence-corrected chi connectivity index (χ3v) is 2.29. The molecule has 0 spiro atoms. The van der Waals surface area contributed by atoms with Gasteiger partial charge in [-0.05, 0) is 23.1 Å². The Morgan fingerprint density at radius 2 is 2.29 bits per heavy atom. The Morgan fingerprint density at radius 1 is 1.47 bits per heavy atom. The monoisotopic (exact) mass is 229 g/mol. The number of carbonyl (C=O) groups is 1. The van der Waals surface area contributed by atoms with Crippen molar-refractivity contribution < 1.29 is 10.0 Å². The molecule has 1 amide bonds. The van der Waals surface area contributed by atoms with Crippen molar-refractivity contribution in [2.24, 2.45) is 5.16 Å². The first-order valence-corrected chi connectivity index (χ1v) is 5.04. The summed E-state index contributed by atoms with van der Waals surface area (Å²) in [4.78, 5) is 15.1. The average molecular weight is 229 g/mol. The highest BCUT2D eigenvalue weighted by atomic mass is 16.4. The maximum Gasteiger partial charge on any atom is 0.222 e. The fraction of sp³-hybridized carbons (Fsp3) is 0.0833. The van der Waals surface area contributed by atoms with Gasteiger partial charge in [0.05, 0.1) is 6.21 Å². The van der Waals surface area contributed by atoms with Crippen molar-refractivity contribution in [3.05, 3.63) is 36.0 Å². The fourth-order valence-electron chi connectivity index (χ4n) is 1.61. The number of anilines is 1. The number of pyridine rings is 1. The number of fused-ring (bicyclic) bond motifs is 1. The van der Waals surface area contributed by atoms with Crippen LogP contribution in [0.3, 0.4) is 0 Å². The van der Waals surface area contributed by atoms with Crippen LogP contribution < -0.4 is 5.32 Å². The van der Waals surface area contributed by atoms with Crippen molar-refractivity contribution in [1.29, 1.82) is 0 Å². The van der Waals surface area contributed by atoms with E-state index in [0.717, 1.165) is 16.3 Å². The lowest BCUT2D eigenvalue weighted by molar-refractivity contribution is -0.114. The molecule has 0 aliphatic carbocycles. The maximum absolute atomic E-state index is 11.0. The van der Waals surface area contributed by atoms with Crippen molar-refractivity contribution >= 4 is 28.7 Å². The number of rotatable bonds is 2. The Balaban J connectivity index is 2.54. The second kappa shape index (κ2) is 4.61. The molecular weight excluding hydrogens is 218 g/mol. The number of nitrogens with one attached hydrogen (secondary N) is 1. The molecule has 0 bridgehead atoms. The fourth-order valence-corrected chi connectivity index (χ4v) is 1.61. The smallest absolute Gasteiger partial charge is 0.222 e. The van der Waals surface area contributed by atoms with Crippen LogP contribution in [0.15, 0.2) is 35.6 Å². The molecule has 0 aliphatic heterocycles. The zero-order chi connectivity index (χ0) is 12.3. The quantitative estimate of drug-likeness (QED) is 0.470. The standard InChI is InChI=1S/C12H11N3O2/c1-8(16)15-12-11-3-2-9(7-14-17)6-10(11)4-5-13-12/h2-7,17H,1H3,(H,13,15,16)/b14-7+. The molecule has 0 atom stereocenters. The number of hydrogen-bond donors (Lipinski definition) is 2. The number of carbonyl (C=O) groups excluding carboxylic acids is 1. The SMILES string of the molecule is CC(=O)Nc1nccc2cc(/C=N/O)ccc12. The minimum absolute atomic E-state index is 0.161. The second-order valence-corrected chi connectivity index (χ2v) is 3.57. The van der Waals surface area contributed by atoms with Crippen LogP contribution in [0, 0.1) is 0 Å². The normalized spacial score (nSPS) is 10.9. The molecule has 2 aromatic rings. The number of oxime groups is 1. The molecular formula is C12H11N3O2. The average Bonchev–Trinajstić information content (AvgIpc) is 2.29. The molecule has 1 aromatic carbocycles. The van der Waals surface area contributed by atoms with Crippen molar-refractivity contribution in [2.75, 3.05) is 5.32 Å². The first-order chi connectivity index (χ1) is 8.20. The van der Waals surface area contributed by atoms with Gasteiger partial charge in [0, 0.05) is 18.5 Å². The van der Waals surface area contributed by atoms with E-state index in [2.05, 4.69) is 15.5 Å². The zero-order valence-corrected chi connectivity index (χ0v) is 9.21. The third kappa shape index (κ3) is 2.39. The van der Waals surface area contributed by atoms with Gasteiger partial charge in [-0.3, -0.25) is 4.79 Å². The summed E-state index contributed by atoms with van der Waals surface area (Å²) >= 11 is 0. The molecule has 0 aliphatic rings. The van der Waals surface area contributed by atoms with Gasteiger partial charge in [0.25, 0.3) is 0 Å². The highest BCUT2D eigenvalue weighted by Gasteiger charge is 2.03. The maximum atomic E-state index is 11.0. The topological polar surface area (TPSA) is 74.6 Å². The van der Waals surface area contributed by atoms with Gasteiger partial charge in [0.15, 0.2) is 0 Å². The highest BCUT2D eigenvalue weighted by molar-refractivity contribution is 6.01. The third-order valence-electron chi connectivity index (χ3n) is 2.29.